The largest absolute Gasteiger partial charge is 0.507 e. The molecule has 0 spiro atoms. The summed E-state index contributed by atoms with van der Waals surface area (Å²) in [7, 11) is 0. The Morgan fingerprint density at radius 3 is 1.78 bits per heavy atom. The van der Waals surface area contributed by atoms with Gasteiger partial charge in [-0.25, -0.2) is 4.98 Å². The Balaban J connectivity index is 1.42. The summed E-state index contributed by atoms with van der Waals surface area (Å²) in [6.45, 7) is -39.1. The second-order valence-corrected chi connectivity index (χ2v) is 15.9. The number of hydrogen-bond acceptors (Lipinski definition) is 3. The minimum atomic E-state index is -4.30. The Kier molecular flexibility index (Phi) is 5.19. The molecule has 9 rings (SSSR count). The molecule has 0 amide bonds. The second-order valence-electron chi connectivity index (χ2n) is 15.9. The summed E-state index contributed by atoms with van der Waals surface area (Å²) in [5, 5.41) is 13.0. The van der Waals surface area contributed by atoms with E-state index in [9.17, 15) is 5.11 Å². The zero-order chi connectivity index (χ0) is 70.8. The zero-order valence-electron chi connectivity index (χ0n) is 64.5. The SMILES string of the molecule is [2H]C([2H])([2H])c1cc(-c2ccccc2)ccc1-n1c(-c2cc(C(C([2H])([2H])[2H])(C([2H])([2H])[2H])C([2H])([2H])[2H])cc(C(C([2H])([2H])[2H])(C([2H])([2H])[2H])C([2H])([2H])[2H])c2O)nc2c(-c3cc(-c4ccccc4)cc(-c4cc(-c5ccc(C(C([2H])([2H])[2H])(C([2H])([2H])[2H])C([2H])([2H])[2H])cc5)ccn4)c3)cccc21. The number of fused-ring (bicyclic) bond motifs is 1. The van der Waals surface area contributed by atoms with Crippen molar-refractivity contribution in [3.63, 3.8) is 0 Å². The molecule has 7 aromatic carbocycles. The number of phenolic OH excluding ortho intramolecular Hbond substituents is 1. The van der Waals surface area contributed by atoms with Crippen LogP contribution in [0.2, 0.25) is 0 Å². The fourth-order valence-corrected chi connectivity index (χ4v) is 8.01. The molecule has 0 aliphatic rings. The monoisotopic (exact) mass is 880 g/mol. The first-order valence-corrected chi connectivity index (χ1v) is 20.3. The number of nitrogens with zero attached hydrogens (tertiary/aromatic N) is 3. The van der Waals surface area contributed by atoms with Gasteiger partial charge in [-0.05, 0) is 133 Å². The van der Waals surface area contributed by atoms with E-state index in [-0.39, 0.29) is 34.0 Å². The lowest BCUT2D eigenvalue weighted by Gasteiger charge is -2.27. The van der Waals surface area contributed by atoms with Gasteiger partial charge in [0.25, 0.3) is 0 Å². The summed E-state index contributed by atoms with van der Waals surface area (Å²) in [6.07, 6.45) is 1.44. The molecule has 4 nitrogen and oxygen atoms in total. The molecule has 0 radical (unpaired) electrons. The van der Waals surface area contributed by atoms with Crippen molar-refractivity contribution in [3.05, 3.63) is 192 Å². The van der Waals surface area contributed by atoms with E-state index < -0.39 is 124 Å². The van der Waals surface area contributed by atoms with Crippen LogP contribution in [0, 0.1) is 6.85 Å². The molecule has 324 valence electrons. The van der Waals surface area contributed by atoms with E-state index in [0.29, 0.717) is 50.6 Å². The van der Waals surface area contributed by atoms with E-state index in [0.717, 1.165) is 16.7 Å². The standard InChI is InChI=1S/C61H59N3O/c1-39-32-43(40-18-13-11-14-19-40)26-29-54(39)64-55-23-17-22-50(56(55)63-58(64)51-37-49(60(5,6)7)38-52(57(51)65)61(8,9)10)46-33-45(41-20-15-12-16-21-41)34-47(35-46)53-36-44(30-31-62-53)42-24-27-48(28-25-42)59(2,3)4/h11-38,65H,1-10H3/i1D3,2D3,3D3,4D3,5D3,6D3,7D3,8D3,9D3,10D3. The van der Waals surface area contributed by atoms with E-state index >= 15 is 0 Å². The number of aryl methyl sites for hydroxylation is 1. The molecule has 0 atom stereocenters. The maximum absolute atomic E-state index is 13.0. The Hall–Kier alpha value is -7.04. The van der Waals surface area contributed by atoms with Crippen molar-refractivity contribution in [3.8, 4) is 78.6 Å². The molecule has 2 aromatic heterocycles. The van der Waals surface area contributed by atoms with Gasteiger partial charge in [0.2, 0.25) is 0 Å². The number of para-hydroxylation sites is 1. The number of phenols is 1. The molecule has 0 aliphatic heterocycles. The lowest BCUT2D eigenvalue weighted by atomic mass is 9.79. The molecule has 65 heavy (non-hydrogen) atoms. The molecule has 0 aliphatic carbocycles. The van der Waals surface area contributed by atoms with Crippen LogP contribution in [0.5, 0.6) is 5.75 Å². The fourth-order valence-electron chi connectivity index (χ4n) is 8.01. The quantitative estimate of drug-likeness (QED) is 0.173. The molecule has 9 aromatic rings. The first kappa shape index (κ1) is 20.4. The van der Waals surface area contributed by atoms with Crippen molar-refractivity contribution in [1.29, 1.82) is 0 Å². The van der Waals surface area contributed by atoms with Gasteiger partial charge in [0.1, 0.15) is 11.6 Å². The van der Waals surface area contributed by atoms with Gasteiger partial charge < -0.3 is 5.11 Å². The Labute approximate surface area is 427 Å². The van der Waals surface area contributed by atoms with Crippen molar-refractivity contribution in [2.45, 2.75) is 84.8 Å². The molecule has 1 N–H and O–H groups in total. The first-order chi connectivity index (χ1) is 43.4. The third kappa shape index (κ3) is 8.54. The van der Waals surface area contributed by atoms with Gasteiger partial charge >= 0.3 is 0 Å². The Morgan fingerprint density at radius 1 is 0.477 bits per heavy atom. The predicted octanol–water partition coefficient (Wildman–Crippen LogP) is 16.3. The molecule has 2 heterocycles. The number of benzene rings is 7. The smallest absolute Gasteiger partial charge is 0.149 e. The summed E-state index contributed by atoms with van der Waals surface area (Å²) < 4.78 is 260. The first-order valence-electron chi connectivity index (χ1n) is 35.3. The van der Waals surface area contributed by atoms with Crippen LogP contribution in [0.3, 0.4) is 0 Å². The van der Waals surface area contributed by atoms with Crippen LogP contribution in [0.25, 0.3) is 83.9 Å². The molecule has 0 fully saturated rings. The normalized spacial score (nSPS) is 21.0. The van der Waals surface area contributed by atoms with E-state index in [1.807, 2.05) is 0 Å². The Bertz CT molecular complexity index is 4220. The van der Waals surface area contributed by atoms with Crippen molar-refractivity contribution in [2.75, 3.05) is 0 Å². The van der Waals surface area contributed by atoms with Crippen LogP contribution < -0.4 is 0 Å². The number of pyridine rings is 1. The lowest BCUT2D eigenvalue weighted by molar-refractivity contribution is 0.446. The summed E-state index contributed by atoms with van der Waals surface area (Å²) >= 11 is 0. The highest BCUT2D eigenvalue weighted by Crippen LogP contribution is 2.45. The number of hydrogen-bond donors (Lipinski definition) is 1. The molecular weight excluding hydrogens is 791 g/mol. The highest BCUT2D eigenvalue weighted by molar-refractivity contribution is 5.98. The topological polar surface area (TPSA) is 50.9 Å². The van der Waals surface area contributed by atoms with E-state index in [2.05, 4.69) is 4.98 Å². The summed E-state index contributed by atoms with van der Waals surface area (Å²) in [5.74, 6) is -2.31. The van der Waals surface area contributed by atoms with Gasteiger partial charge in [0, 0.05) is 64.0 Å². The highest BCUT2D eigenvalue weighted by Gasteiger charge is 2.29. The molecule has 4 heteroatoms. The maximum atomic E-state index is 13.0. The second kappa shape index (κ2) is 16.5. The minimum absolute atomic E-state index is 0.0704. The van der Waals surface area contributed by atoms with E-state index in [4.69, 9.17) is 46.1 Å². The zero-order valence-corrected chi connectivity index (χ0v) is 34.5. The van der Waals surface area contributed by atoms with E-state index in [1.165, 1.54) is 48.7 Å². The van der Waals surface area contributed by atoms with Crippen LogP contribution in [-0.4, -0.2) is 19.6 Å². The maximum Gasteiger partial charge on any atom is 0.149 e. The van der Waals surface area contributed by atoms with Crippen molar-refractivity contribution in [2.24, 2.45) is 0 Å². The predicted molar refractivity (Wildman–Crippen MR) is 274 cm³/mol. The molecular formula is C61H59N3O. The van der Waals surface area contributed by atoms with Crippen LogP contribution in [0.4, 0.5) is 0 Å². The average molecular weight is 880 g/mol. The third-order valence-electron chi connectivity index (χ3n) is 11.3. The highest BCUT2D eigenvalue weighted by atomic mass is 16.3. The van der Waals surface area contributed by atoms with Crippen LogP contribution in [0.1, 0.15) is 125 Å². The van der Waals surface area contributed by atoms with Crippen molar-refractivity contribution < 1.29 is 46.2 Å². The van der Waals surface area contributed by atoms with Crippen LogP contribution in [-0.2, 0) is 16.2 Å². The number of imidazole rings is 1. The van der Waals surface area contributed by atoms with Gasteiger partial charge in [0.05, 0.1) is 28.0 Å². The van der Waals surface area contributed by atoms with Gasteiger partial charge in [-0.2, -0.15) is 0 Å². The van der Waals surface area contributed by atoms with Gasteiger partial charge in [-0.1, -0.05) is 171 Å². The number of rotatable bonds is 7. The van der Waals surface area contributed by atoms with Crippen molar-refractivity contribution >= 4 is 11.0 Å². The summed E-state index contributed by atoms with van der Waals surface area (Å²) in [6, 6.07) is 40.1. The van der Waals surface area contributed by atoms with E-state index in [1.54, 1.807) is 97.1 Å². The molecule has 0 bridgehead atoms. The third-order valence-corrected chi connectivity index (χ3v) is 11.3. The number of aromatic nitrogens is 3. The fraction of sp³-hybridized carbons (Fsp3) is 0.213. The van der Waals surface area contributed by atoms with Gasteiger partial charge in [-0.3, -0.25) is 9.55 Å². The average Bonchev–Trinajstić information content (AvgIpc) is 0.782. The van der Waals surface area contributed by atoms with Crippen molar-refractivity contribution in [1.82, 2.24) is 14.5 Å². The molecule has 0 saturated heterocycles. The van der Waals surface area contributed by atoms with Gasteiger partial charge in [0.15, 0.2) is 0 Å². The number of aromatic hydroxyl groups is 1. The summed E-state index contributed by atoms with van der Waals surface area (Å²) in [4.78, 5) is 9.69. The van der Waals surface area contributed by atoms with Gasteiger partial charge in [-0.15, -0.1) is 0 Å². The molecule has 0 saturated carbocycles. The van der Waals surface area contributed by atoms with Crippen LogP contribution in [0.15, 0.2) is 170 Å². The lowest BCUT2D eigenvalue weighted by Crippen LogP contribution is -2.17. The Morgan fingerprint density at radius 2 is 1.09 bits per heavy atom. The minimum Gasteiger partial charge on any atom is -0.507 e. The molecule has 0 unspecified atom stereocenters. The summed E-state index contributed by atoms with van der Waals surface area (Å²) in [5.41, 5.74) is -13.2. The van der Waals surface area contributed by atoms with Crippen LogP contribution >= 0.6 is 0 Å².